The highest BCUT2D eigenvalue weighted by atomic mass is 32.2. The molecule has 1 saturated carbocycles. The van der Waals surface area contributed by atoms with Crippen molar-refractivity contribution in [2.24, 2.45) is 5.41 Å². The van der Waals surface area contributed by atoms with E-state index in [-0.39, 0.29) is 16.6 Å². The molecule has 0 aromatic carbocycles. The van der Waals surface area contributed by atoms with Crippen molar-refractivity contribution in [1.29, 1.82) is 0 Å². The van der Waals surface area contributed by atoms with Crippen molar-refractivity contribution < 1.29 is 13.2 Å². The minimum Gasteiger partial charge on any atom is -0.303 e. The second kappa shape index (κ2) is 4.79. The normalized spacial score (nSPS) is 29.9. The lowest BCUT2D eigenvalue weighted by atomic mass is 9.86. The molecule has 7 heteroatoms. The average Bonchev–Trinajstić information content (AvgIpc) is 3.00. The van der Waals surface area contributed by atoms with Crippen molar-refractivity contribution in [2.75, 3.05) is 24.5 Å². The number of thiophene rings is 1. The lowest BCUT2D eigenvalue weighted by Gasteiger charge is -2.23. The van der Waals surface area contributed by atoms with Gasteiger partial charge < -0.3 is 4.90 Å². The molecule has 0 unspecified atom stereocenters. The Morgan fingerprint density at radius 2 is 2.05 bits per heavy atom. The number of sulfonamides is 1. The fourth-order valence-electron chi connectivity index (χ4n) is 3.62. The van der Waals surface area contributed by atoms with Crippen LogP contribution in [0.4, 0.5) is 5.00 Å². The molecule has 4 rings (SSSR count). The SMILES string of the molecule is Cc1ccc(N2C[C@@]3(CCN(S(=O)(=O)C4CC4)C3)CC2=O)s1. The van der Waals surface area contributed by atoms with Gasteiger partial charge in [0, 0.05) is 36.3 Å². The van der Waals surface area contributed by atoms with E-state index in [0.717, 1.165) is 24.3 Å². The van der Waals surface area contributed by atoms with Gasteiger partial charge in [-0.2, -0.15) is 0 Å². The number of rotatable bonds is 3. The maximum Gasteiger partial charge on any atom is 0.228 e. The van der Waals surface area contributed by atoms with Gasteiger partial charge in [-0.05, 0) is 38.3 Å². The Morgan fingerprint density at radius 1 is 1.27 bits per heavy atom. The summed E-state index contributed by atoms with van der Waals surface area (Å²) in [4.78, 5) is 15.5. The molecule has 1 amide bonds. The van der Waals surface area contributed by atoms with Crippen LogP contribution in [0.1, 0.15) is 30.6 Å². The third-order valence-electron chi connectivity index (χ3n) is 5.02. The van der Waals surface area contributed by atoms with Gasteiger partial charge in [-0.1, -0.05) is 0 Å². The maximum absolute atomic E-state index is 12.4. The first kappa shape index (κ1) is 14.7. The second-order valence-electron chi connectivity index (χ2n) is 6.87. The number of hydrogen-bond acceptors (Lipinski definition) is 4. The Hall–Kier alpha value is -0.920. The quantitative estimate of drug-likeness (QED) is 0.845. The van der Waals surface area contributed by atoms with E-state index in [1.807, 2.05) is 24.0 Å². The Kier molecular flexibility index (Phi) is 3.19. The topological polar surface area (TPSA) is 57.7 Å². The molecule has 22 heavy (non-hydrogen) atoms. The molecule has 3 fully saturated rings. The number of carbonyl (C=O) groups excluding carboxylic acids is 1. The molecule has 120 valence electrons. The lowest BCUT2D eigenvalue weighted by Crippen LogP contribution is -2.35. The molecule has 3 aliphatic rings. The summed E-state index contributed by atoms with van der Waals surface area (Å²) in [5, 5.41) is 0.832. The molecule has 5 nitrogen and oxygen atoms in total. The van der Waals surface area contributed by atoms with Crippen molar-refractivity contribution in [3.05, 3.63) is 17.0 Å². The zero-order valence-corrected chi connectivity index (χ0v) is 14.3. The fraction of sp³-hybridized carbons (Fsp3) is 0.667. The van der Waals surface area contributed by atoms with E-state index in [1.54, 1.807) is 15.6 Å². The summed E-state index contributed by atoms with van der Waals surface area (Å²) in [6.45, 7) is 3.77. The van der Waals surface area contributed by atoms with Crippen molar-refractivity contribution in [3.8, 4) is 0 Å². The number of hydrogen-bond donors (Lipinski definition) is 0. The zero-order chi connectivity index (χ0) is 15.5. The van der Waals surface area contributed by atoms with Gasteiger partial charge in [-0.15, -0.1) is 11.3 Å². The van der Waals surface area contributed by atoms with Crippen LogP contribution in [-0.4, -0.2) is 43.5 Å². The first-order valence-electron chi connectivity index (χ1n) is 7.75. The number of anilines is 1. The van der Waals surface area contributed by atoms with Crippen LogP contribution in [0.2, 0.25) is 0 Å². The van der Waals surface area contributed by atoms with Crippen molar-refractivity contribution in [1.82, 2.24) is 4.31 Å². The fourth-order valence-corrected chi connectivity index (χ4v) is 6.46. The average molecular weight is 340 g/mol. The Labute approximate surface area is 135 Å². The van der Waals surface area contributed by atoms with Crippen LogP contribution < -0.4 is 4.90 Å². The Bertz CT molecular complexity index is 723. The van der Waals surface area contributed by atoms with Gasteiger partial charge in [-0.25, -0.2) is 12.7 Å². The van der Waals surface area contributed by atoms with Crippen molar-refractivity contribution >= 4 is 32.3 Å². The van der Waals surface area contributed by atoms with Crippen LogP contribution in [0.5, 0.6) is 0 Å². The van der Waals surface area contributed by atoms with Crippen LogP contribution in [0.25, 0.3) is 0 Å². The second-order valence-corrected chi connectivity index (χ2v) is 10.3. The van der Waals surface area contributed by atoms with E-state index >= 15 is 0 Å². The molecule has 2 aliphatic heterocycles. The molecule has 0 bridgehead atoms. The van der Waals surface area contributed by atoms with Gasteiger partial charge in [-0.3, -0.25) is 4.79 Å². The first-order valence-corrected chi connectivity index (χ1v) is 10.1. The first-order chi connectivity index (χ1) is 10.4. The summed E-state index contributed by atoms with van der Waals surface area (Å²) in [6.07, 6.45) is 2.86. The van der Waals surface area contributed by atoms with E-state index in [1.165, 1.54) is 4.88 Å². The van der Waals surface area contributed by atoms with E-state index < -0.39 is 10.0 Å². The highest BCUT2D eigenvalue weighted by molar-refractivity contribution is 7.90. The van der Waals surface area contributed by atoms with E-state index in [9.17, 15) is 13.2 Å². The molecule has 3 heterocycles. The van der Waals surface area contributed by atoms with Gasteiger partial charge >= 0.3 is 0 Å². The smallest absolute Gasteiger partial charge is 0.228 e. The summed E-state index contributed by atoms with van der Waals surface area (Å²) in [7, 11) is -3.12. The molecular formula is C15H20N2O3S2. The van der Waals surface area contributed by atoms with Crippen LogP contribution in [0.3, 0.4) is 0 Å². The minimum atomic E-state index is -3.12. The summed E-state index contributed by atoms with van der Waals surface area (Å²) in [6, 6.07) is 4.02. The monoisotopic (exact) mass is 340 g/mol. The number of nitrogens with zero attached hydrogens (tertiary/aromatic N) is 2. The van der Waals surface area contributed by atoms with Crippen LogP contribution >= 0.6 is 11.3 Å². The molecular weight excluding hydrogens is 320 g/mol. The van der Waals surface area contributed by atoms with E-state index in [0.29, 0.717) is 26.1 Å². The third kappa shape index (κ3) is 2.30. The lowest BCUT2D eigenvalue weighted by molar-refractivity contribution is -0.117. The molecule has 0 radical (unpaired) electrons. The van der Waals surface area contributed by atoms with Gasteiger partial charge in [0.1, 0.15) is 0 Å². The molecule has 1 aliphatic carbocycles. The maximum atomic E-state index is 12.4. The Morgan fingerprint density at radius 3 is 2.68 bits per heavy atom. The minimum absolute atomic E-state index is 0.132. The highest BCUT2D eigenvalue weighted by Gasteiger charge is 2.52. The van der Waals surface area contributed by atoms with Gasteiger partial charge in [0.05, 0.1) is 10.3 Å². The molecule has 2 saturated heterocycles. The predicted octanol–water partition coefficient (Wildman–Crippen LogP) is 1.98. The summed E-state index contributed by atoms with van der Waals surface area (Å²) >= 11 is 1.63. The standard InChI is InChI=1S/C15H20N2O3S2/c1-11-2-5-14(21-11)17-10-15(8-13(17)18)6-7-16(9-15)22(19,20)12-3-4-12/h2,5,12H,3-4,6-10H2,1H3/t15-/m0/s1. The number of carbonyl (C=O) groups is 1. The van der Waals surface area contributed by atoms with E-state index in [2.05, 4.69) is 0 Å². The Balaban J connectivity index is 1.53. The van der Waals surface area contributed by atoms with Gasteiger partial charge in [0.25, 0.3) is 0 Å². The summed E-state index contributed by atoms with van der Waals surface area (Å²) in [5.74, 6) is 0.132. The van der Waals surface area contributed by atoms with Crippen LogP contribution in [0.15, 0.2) is 12.1 Å². The molecule has 1 spiro atoms. The van der Waals surface area contributed by atoms with Crippen molar-refractivity contribution in [3.63, 3.8) is 0 Å². The summed E-state index contributed by atoms with van der Waals surface area (Å²) in [5.41, 5.74) is -0.184. The largest absolute Gasteiger partial charge is 0.303 e. The molecule has 1 atom stereocenters. The van der Waals surface area contributed by atoms with E-state index in [4.69, 9.17) is 0 Å². The van der Waals surface area contributed by atoms with Gasteiger partial charge in [0.2, 0.25) is 15.9 Å². The molecule has 1 aromatic heterocycles. The number of aryl methyl sites for hydroxylation is 1. The van der Waals surface area contributed by atoms with Crippen LogP contribution in [-0.2, 0) is 14.8 Å². The highest BCUT2D eigenvalue weighted by Crippen LogP contribution is 2.45. The molecule has 0 N–H and O–H groups in total. The molecule has 1 aromatic rings. The number of amides is 1. The summed E-state index contributed by atoms with van der Waals surface area (Å²) < 4.78 is 26.4. The zero-order valence-electron chi connectivity index (χ0n) is 12.6. The third-order valence-corrected chi connectivity index (χ3v) is 8.39. The van der Waals surface area contributed by atoms with Crippen molar-refractivity contribution in [2.45, 2.75) is 37.9 Å². The predicted molar refractivity (Wildman–Crippen MR) is 86.6 cm³/mol. The van der Waals surface area contributed by atoms with Gasteiger partial charge in [0.15, 0.2) is 0 Å². The van der Waals surface area contributed by atoms with Crippen LogP contribution in [0, 0.1) is 12.3 Å².